The van der Waals surface area contributed by atoms with Crippen molar-refractivity contribution in [2.75, 3.05) is 13.1 Å². The summed E-state index contributed by atoms with van der Waals surface area (Å²) in [5.41, 5.74) is 0. The monoisotopic (exact) mass is 301 g/mol. The molecule has 1 atom stereocenters. The Morgan fingerprint density at radius 3 is 2.84 bits per heavy atom. The van der Waals surface area contributed by atoms with E-state index >= 15 is 0 Å². The summed E-state index contributed by atoms with van der Waals surface area (Å²) in [6.45, 7) is 1.79. The molecule has 1 aromatic rings. The number of nitrogens with zero attached hydrogens (tertiary/aromatic N) is 2. The molecule has 1 unspecified atom stereocenters. The smallest absolute Gasteiger partial charge is 0.241 e. The number of hydrogen-bond acceptors (Lipinski definition) is 4. The molecule has 5 nitrogen and oxygen atoms in total. The molecule has 2 aliphatic rings. The lowest BCUT2D eigenvalue weighted by Gasteiger charge is -2.15. The zero-order valence-corrected chi connectivity index (χ0v) is 12.0. The molecule has 1 saturated carbocycles. The van der Waals surface area contributed by atoms with Crippen LogP contribution in [0.1, 0.15) is 19.3 Å². The Balaban J connectivity index is 1.68. The summed E-state index contributed by atoms with van der Waals surface area (Å²) >= 11 is 5.73. The number of hydrogen-bond donors (Lipinski definition) is 1. The van der Waals surface area contributed by atoms with E-state index in [1.165, 1.54) is 31.2 Å². The Kier molecular flexibility index (Phi) is 3.51. The lowest BCUT2D eigenvalue weighted by Crippen LogP contribution is -2.37. The van der Waals surface area contributed by atoms with Crippen LogP contribution in [0.5, 0.6) is 0 Å². The fourth-order valence-corrected chi connectivity index (χ4v) is 4.01. The Morgan fingerprint density at radius 1 is 1.37 bits per heavy atom. The molecule has 0 bridgehead atoms. The van der Waals surface area contributed by atoms with Crippen molar-refractivity contribution in [2.24, 2.45) is 0 Å². The Hall–Kier alpha value is -0.690. The van der Waals surface area contributed by atoms with Gasteiger partial charge in [0.25, 0.3) is 0 Å². The van der Waals surface area contributed by atoms with Gasteiger partial charge in [0, 0.05) is 31.4 Å². The van der Waals surface area contributed by atoms with Crippen LogP contribution in [0, 0.1) is 0 Å². The quantitative estimate of drug-likeness (QED) is 0.850. The number of rotatable bonds is 4. The predicted molar refractivity (Wildman–Crippen MR) is 72.6 cm³/mol. The van der Waals surface area contributed by atoms with E-state index in [9.17, 15) is 8.42 Å². The van der Waals surface area contributed by atoms with Gasteiger partial charge in [0.2, 0.25) is 10.0 Å². The molecule has 2 heterocycles. The minimum Gasteiger partial charge on any atom is -0.299 e. The van der Waals surface area contributed by atoms with Crippen molar-refractivity contribution in [3.8, 4) is 0 Å². The molecule has 1 saturated heterocycles. The SMILES string of the molecule is O=S(=O)(NC1CCN(C2CC2)C1)c1ccnc(Cl)c1. The molecule has 1 aliphatic heterocycles. The third-order valence-electron chi connectivity index (χ3n) is 3.61. The lowest BCUT2D eigenvalue weighted by molar-refractivity contribution is 0.322. The van der Waals surface area contributed by atoms with Crippen LogP contribution >= 0.6 is 11.6 Å². The zero-order valence-electron chi connectivity index (χ0n) is 10.4. The molecule has 104 valence electrons. The van der Waals surface area contributed by atoms with Gasteiger partial charge in [-0.05, 0) is 31.4 Å². The first kappa shape index (κ1) is 13.3. The summed E-state index contributed by atoms with van der Waals surface area (Å²) < 4.78 is 27.2. The van der Waals surface area contributed by atoms with Crippen molar-refractivity contribution < 1.29 is 8.42 Å². The van der Waals surface area contributed by atoms with E-state index in [1.807, 2.05) is 0 Å². The van der Waals surface area contributed by atoms with E-state index in [-0.39, 0.29) is 16.1 Å². The van der Waals surface area contributed by atoms with Crippen molar-refractivity contribution in [1.82, 2.24) is 14.6 Å². The number of aromatic nitrogens is 1. The highest BCUT2D eigenvalue weighted by molar-refractivity contribution is 7.89. The Labute approximate surface area is 118 Å². The molecular formula is C12H16ClN3O2S. The van der Waals surface area contributed by atoms with E-state index in [4.69, 9.17) is 11.6 Å². The first-order valence-corrected chi connectivity index (χ1v) is 8.29. The molecular weight excluding hydrogens is 286 g/mol. The number of pyridine rings is 1. The molecule has 7 heteroatoms. The van der Waals surface area contributed by atoms with Crippen LogP contribution in [-0.2, 0) is 10.0 Å². The largest absolute Gasteiger partial charge is 0.299 e. The van der Waals surface area contributed by atoms with Crippen LogP contribution in [0.3, 0.4) is 0 Å². The standard InChI is InChI=1S/C12H16ClN3O2S/c13-12-7-11(3-5-14-12)19(17,18)15-9-4-6-16(8-9)10-1-2-10/h3,5,7,9-10,15H,1-2,4,6,8H2. The normalized spacial score (nSPS) is 24.8. The molecule has 0 aromatic carbocycles. The zero-order chi connectivity index (χ0) is 13.5. The minimum atomic E-state index is -3.50. The summed E-state index contributed by atoms with van der Waals surface area (Å²) in [7, 11) is -3.50. The van der Waals surface area contributed by atoms with Gasteiger partial charge in [0.1, 0.15) is 5.15 Å². The summed E-state index contributed by atoms with van der Waals surface area (Å²) in [6.07, 6.45) is 4.77. The molecule has 1 aliphatic carbocycles. The van der Waals surface area contributed by atoms with Crippen molar-refractivity contribution in [3.63, 3.8) is 0 Å². The molecule has 2 fully saturated rings. The maximum Gasteiger partial charge on any atom is 0.241 e. The Morgan fingerprint density at radius 2 is 2.16 bits per heavy atom. The molecule has 1 N–H and O–H groups in total. The van der Waals surface area contributed by atoms with Crippen molar-refractivity contribution in [3.05, 3.63) is 23.5 Å². The van der Waals surface area contributed by atoms with E-state index in [1.54, 1.807) is 0 Å². The number of halogens is 1. The summed E-state index contributed by atoms with van der Waals surface area (Å²) in [4.78, 5) is 6.34. The van der Waals surface area contributed by atoms with E-state index < -0.39 is 10.0 Å². The van der Waals surface area contributed by atoms with Gasteiger partial charge < -0.3 is 0 Å². The van der Waals surface area contributed by atoms with Crippen LogP contribution in [0.15, 0.2) is 23.2 Å². The minimum absolute atomic E-state index is 0.00228. The summed E-state index contributed by atoms with van der Waals surface area (Å²) in [5.74, 6) is 0. The second-order valence-corrected chi connectivity index (χ2v) is 7.25. The van der Waals surface area contributed by atoms with Crippen LogP contribution in [0.2, 0.25) is 5.15 Å². The van der Waals surface area contributed by atoms with Gasteiger partial charge in [-0.3, -0.25) is 4.90 Å². The second-order valence-electron chi connectivity index (χ2n) is 5.15. The second kappa shape index (κ2) is 5.01. The molecule has 0 amide bonds. The fourth-order valence-electron chi connectivity index (χ4n) is 2.49. The van der Waals surface area contributed by atoms with Gasteiger partial charge in [-0.1, -0.05) is 11.6 Å². The van der Waals surface area contributed by atoms with Gasteiger partial charge in [-0.15, -0.1) is 0 Å². The molecule has 3 rings (SSSR count). The highest BCUT2D eigenvalue weighted by Gasteiger charge is 2.35. The van der Waals surface area contributed by atoms with E-state index in [0.29, 0.717) is 6.04 Å². The van der Waals surface area contributed by atoms with Crippen molar-refractivity contribution in [1.29, 1.82) is 0 Å². The van der Waals surface area contributed by atoms with Gasteiger partial charge in [-0.2, -0.15) is 0 Å². The number of nitrogens with one attached hydrogen (secondary N) is 1. The third-order valence-corrected chi connectivity index (χ3v) is 5.34. The predicted octanol–water partition coefficient (Wildman–Crippen LogP) is 1.25. The molecule has 0 radical (unpaired) electrons. The number of sulfonamides is 1. The summed E-state index contributed by atoms with van der Waals surface area (Å²) in [5, 5.41) is 0.189. The summed E-state index contributed by atoms with van der Waals surface area (Å²) in [6, 6.07) is 3.52. The Bertz CT molecular complexity index is 574. The lowest BCUT2D eigenvalue weighted by atomic mass is 10.3. The van der Waals surface area contributed by atoms with Gasteiger partial charge in [0.05, 0.1) is 4.90 Å². The van der Waals surface area contributed by atoms with Crippen molar-refractivity contribution in [2.45, 2.75) is 36.2 Å². The first-order valence-electron chi connectivity index (χ1n) is 6.42. The van der Waals surface area contributed by atoms with Crippen LogP contribution in [-0.4, -0.2) is 43.5 Å². The van der Waals surface area contributed by atoms with Gasteiger partial charge >= 0.3 is 0 Å². The maximum absolute atomic E-state index is 12.2. The van der Waals surface area contributed by atoms with Gasteiger partial charge in [0.15, 0.2) is 0 Å². The average molecular weight is 302 g/mol. The van der Waals surface area contributed by atoms with Crippen LogP contribution in [0.25, 0.3) is 0 Å². The highest BCUT2D eigenvalue weighted by Crippen LogP contribution is 2.30. The first-order chi connectivity index (χ1) is 9.04. The molecule has 0 spiro atoms. The van der Waals surface area contributed by atoms with Crippen LogP contribution < -0.4 is 4.72 Å². The third kappa shape index (κ3) is 3.08. The van der Waals surface area contributed by atoms with E-state index in [2.05, 4.69) is 14.6 Å². The highest BCUT2D eigenvalue weighted by atomic mass is 35.5. The fraction of sp³-hybridized carbons (Fsp3) is 0.583. The molecule has 1 aromatic heterocycles. The maximum atomic E-state index is 12.2. The molecule has 19 heavy (non-hydrogen) atoms. The van der Waals surface area contributed by atoms with E-state index in [0.717, 1.165) is 19.5 Å². The average Bonchev–Trinajstić information content (AvgIpc) is 3.11. The topological polar surface area (TPSA) is 62.3 Å². The number of likely N-dealkylation sites (tertiary alicyclic amines) is 1. The van der Waals surface area contributed by atoms with Crippen LogP contribution in [0.4, 0.5) is 0 Å². The van der Waals surface area contributed by atoms with Crippen molar-refractivity contribution >= 4 is 21.6 Å². The van der Waals surface area contributed by atoms with Gasteiger partial charge in [-0.25, -0.2) is 18.1 Å².